The minimum absolute atomic E-state index is 0.0886. The molecule has 0 spiro atoms. The lowest BCUT2D eigenvalue weighted by Crippen LogP contribution is -2.04. The number of aryl methyl sites for hydroxylation is 1. The monoisotopic (exact) mass is 497 g/mol. The zero-order chi connectivity index (χ0) is 23.9. The van der Waals surface area contributed by atoms with Gasteiger partial charge in [0.05, 0.1) is 35.5 Å². The first kappa shape index (κ1) is 24.0. The van der Waals surface area contributed by atoms with E-state index in [1.807, 2.05) is 37.3 Å². The fourth-order valence-electron chi connectivity index (χ4n) is 2.97. The molecule has 176 valence electrons. The van der Waals surface area contributed by atoms with Gasteiger partial charge in [0.2, 0.25) is 0 Å². The Kier molecular flexibility index (Phi) is 8.03. The van der Waals surface area contributed by atoms with Crippen LogP contribution in [-0.2, 0) is 0 Å². The standard InChI is InChI=1S/C23H23N5O4S2/c1-14-19(6-4-8-24-14)32-20-9-15(34-21(12-30)16-5-2-3-7-25-16)10-26-22(20)28-23-27-17(13-33-23)18(31)11-29/h2-10,13,18,21,29-31H,11-12H2,1H3,(H,26,27,28). The van der Waals surface area contributed by atoms with Gasteiger partial charge in [0, 0.05) is 28.9 Å². The van der Waals surface area contributed by atoms with Crippen molar-refractivity contribution in [3.8, 4) is 11.5 Å². The number of hydrogen-bond acceptors (Lipinski definition) is 11. The third kappa shape index (κ3) is 5.88. The molecule has 11 heteroatoms. The zero-order valence-electron chi connectivity index (χ0n) is 18.2. The summed E-state index contributed by atoms with van der Waals surface area (Å²) in [6, 6.07) is 11.0. The minimum atomic E-state index is -1.05. The van der Waals surface area contributed by atoms with Crippen LogP contribution in [0.2, 0.25) is 0 Å². The zero-order valence-corrected chi connectivity index (χ0v) is 19.8. The summed E-state index contributed by atoms with van der Waals surface area (Å²) in [4.78, 5) is 18.2. The number of aromatic nitrogens is 4. The molecule has 0 aliphatic rings. The first-order chi connectivity index (χ1) is 16.6. The number of nitrogens with one attached hydrogen (secondary N) is 1. The van der Waals surface area contributed by atoms with Crippen LogP contribution >= 0.6 is 23.1 Å². The lowest BCUT2D eigenvalue weighted by Gasteiger charge is -2.16. The Morgan fingerprint density at radius 1 is 1.03 bits per heavy atom. The van der Waals surface area contributed by atoms with Crippen LogP contribution in [0.3, 0.4) is 0 Å². The number of hydrogen-bond donors (Lipinski definition) is 4. The Labute approximate surface area is 204 Å². The average molecular weight is 498 g/mol. The summed E-state index contributed by atoms with van der Waals surface area (Å²) >= 11 is 2.70. The van der Waals surface area contributed by atoms with E-state index in [-0.39, 0.29) is 11.9 Å². The van der Waals surface area contributed by atoms with E-state index >= 15 is 0 Å². The summed E-state index contributed by atoms with van der Waals surface area (Å²) in [6.45, 7) is 1.35. The van der Waals surface area contributed by atoms with Crippen molar-refractivity contribution >= 4 is 34.0 Å². The first-order valence-corrected chi connectivity index (χ1v) is 12.1. The maximum Gasteiger partial charge on any atom is 0.188 e. The van der Waals surface area contributed by atoms with Gasteiger partial charge in [-0.15, -0.1) is 23.1 Å². The fraction of sp³-hybridized carbons (Fsp3) is 0.217. The van der Waals surface area contributed by atoms with Crippen LogP contribution in [0.5, 0.6) is 11.5 Å². The van der Waals surface area contributed by atoms with E-state index in [0.29, 0.717) is 28.1 Å². The second-order valence-corrected chi connectivity index (χ2v) is 9.29. The summed E-state index contributed by atoms with van der Waals surface area (Å²) in [7, 11) is 0. The molecule has 0 aromatic carbocycles. The number of aliphatic hydroxyl groups excluding tert-OH is 3. The summed E-state index contributed by atoms with van der Waals surface area (Å²) in [5, 5.41) is 33.9. The van der Waals surface area contributed by atoms with Crippen molar-refractivity contribution in [2.24, 2.45) is 0 Å². The Balaban J connectivity index is 1.63. The quantitative estimate of drug-likeness (QED) is 0.238. The molecule has 0 amide bonds. The summed E-state index contributed by atoms with van der Waals surface area (Å²) < 4.78 is 6.16. The van der Waals surface area contributed by atoms with Gasteiger partial charge in [-0.1, -0.05) is 6.07 Å². The number of thioether (sulfide) groups is 1. The first-order valence-electron chi connectivity index (χ1n) is 10.4. The molecule has 0 bridgehead atoms. The fourth-order valence-corrected chi connectivity index (χ4v) is 4.68. The molecular weight excluding hydrogens is 474 g/mol. The topological polar surface area (TPSA) is 134 Å². The van der Waals surface area contributed by atoms with Gasteiger partial charge in [-0.25, -0.2) is 9.97 Å². The molecule has 0 saturated carbocycles. The van der Waals surface area contributed by atoms with E-state index in [4.69, 9.17) is 9.84 Å². The van der Waals surface area contributed by atoms with Crippen LogP contribution in [0.4, 0.5) is 10.9 Å². The lowest BCUT2D eigenvalue weighted by atomic mass is 10.3. The predicted octanol–water partition coefficient (Wildman–Crippen LogP) is 4.02. The molecule has 0 fully saturated rings. The molecule has 4 rings (SSSR count). The highest BCUT2D eigenvalue weighted by atomic mass is 32.2. The molecule has 0 radical (unpaired) electrons. The third-order valence-corrected chi connectivity index (χ3v) is 6.68. The Hall–Kier alpha value is -3.09. The molecule has 4 N–H and O–H groups in total. The van der Waals surface area contributed by atoms with Crippen molar-refractivity contribution in [1.82, 2.24) is 19.9 Å². The largest absolute Gasteiger partial charge is 0.452 e. The number of rotatable bonds is 10. The van der Waals surface area contributed by atoms with Gasteiger partial charge < -0.3 is 25.4 Å². The number of anilines is 2. The van der Waals surface area contributed by atoms with Crippen LogP contribution in [0, 0.1) is 6.92 Å². The van der Waals surface area contributed by atoms with Gasteiger partial charge in [-0.3, -0.25) is 9.97 Å². The second-order valence-electron chi connectivity index (χ2n) is 7.15. The highest BCUT2D eigenvalue weighted by Gasteiger charge is 2.18. The summed E-state index contributed by atoms with van der Waals surface area (Å²) in [6.07, 6.45) is 4.01. The molecule has 4 aromatic heterocycles. The molecule has 0 aliphatic heterocycles. The van der Waals surface area contributed by atoms with Gasteiger partial charge >= 0.3 is 0 Å². The van der Waals surface area contributed by atoms with Crippen LogP contribution in [-0.4, -0.2) is 48.5 Å². The van der Waals surface area contributed by atoms with Crippen LogP contribution in [0.15, 0.2) is 65.3 Å². The van der Waals surface area contributed by atoms with E-state index in [1.165, 1.54) is 23.1 Å². The van der Waals surface area contributed by atoms with Crippen molar-refractivity contribution < 1.29 is 20.1 Å². The Morgan fingerprint density at radius 2 is 1.88 bits per heavy atom. The van der Waals surface area contributed by atoms with E-state index in [0.717, 1.165) is 16.3 Å². The van der Waals surface area contributed by atoms with E-state index in [2.05, 4.69) is 25.3 Å². The highest BCUT2D eigenvalue weighted by molar-refractivity contribution is 7.99. The minimum Gasteiger partial charge on any atom is -0.452 e. The number of ether oxygens (including phenoxy) is 1. The summed E-state index contributed by atoms with van der Waals surface area (Å²) in [5.41, 5.74) is 1.85. The number of nitrogens with zero attached hydrogens (tertiary/aromatic N) is 4. The number of pyridine rings is 3. The molecular formula is C23H23N5O4S2. The number of thiazole rings is 1. The highest BCUT2D eigenvalue weighted by Crippen LogP contribution is 2.39. The molecule has 4 heterocycles. The molecule has 0 saturated heterocycles. The van der Waals surface area contributed by atoms with Crippen molar-refractivity contribution in [1.29, 1.82) is 0 Å². The van der Waals surface area contributed by atoms with Crippen LogP contribution in [0.1, 0.15) is 28.4 Å². The molecule has 0 aliphatic carbocycles. The average Bonchev–Trinajstić information content (AvgIpc) is 3.34. The Morgan fingerprint density at radius 3 is 2.62 bits per heavy atom. The third-order valence-electron chi connectivity index (χ3n) is 4.73. The molecule has 2 atom stereocenters. The Bertz CT molecular complexity index is 1220. The maximum absolute atomic E-state index is 9.92. The van der Waals surface area contributed by atoms with Gasteiger partial charge in [-0.2, -0.15) is 0 Å². The second kappa shape index (κ2) is 11.4. The van der Waals surface area contributed by atoms with Crippen molar-refractivity contribution in [3.63, 3.8) is 0 Å². The summed E-state index contributed by atoms with van der Waals surface area (Å²) in [5.74, 6) is 1.44. The van der Waals surface area contributed by atoms with E-state index in [9.17, 15) is 10.2 Å². The van der Waals surface area contributed by atoms with Gasteiger partial charge in [0.1, 0.15) is 11.9 Å². The molecule has 34 heavy (non-hydrogen) atoms. The van der Waals surface area contributed by atoms with Crippen molar-refractivity contribution in [3.05, 3.63) is 77.5 Å². The smallest absolute Gasteiger partial charge is 0.188 e. The lowest BCUT2D eigenvalue weighted by molar-refractivity contribution is 0.0928. The molecule has 4 aromatic rings. The van der Waals surface area contributed by atoms with Crippen molar-refractivity contribution in [2.75, 3.05) is 18.5 Å². The van der Waals surface area contributed by atoms with E-state index < -0.39 is 12.7 Å². The van der Waals surface area contributed by atoms with Crippen LogP contribution in [0.25, 0.3) is 0 Å². The van der Waals surface area contributed by atoms with E-state index in [1.54, 1.807) is 30.0 Å². The molecule has 9 nitrogen and oxygen atoms in total. The predicted molar refractivity (Wildman–Crippen MR) is 131 cm³/mol. The maximum atomic E-state index is 9.92. The number of aliphatic hydroxyl groups is 3. The normalized spacial score (nSPS) is 12.8. The van der Waals surface area contributed by atoms with Gasteiger partial charge in [-0.05, 0) is 37.3 Å². The van der Waals surface area contributed by atoms with Crippen LogP contribution < -0.4 is 10.1 Å². The van der Waals surface area contributed by atoms with Gasteiger partial charge in [0.25, 0.3) is 0 Å². The van der Waals surface area contributed by atoms with Crippen molar-refractivity contribution in [2.45, 2.75) is 23.2 Å². The SMILES string of the molecule is Cc1ncccc1Oc1cc(SC(CO)c2ccccn2)cnc1Nc1nc(C(O)CO)cs1. The molecule has 2 unspecified atom stereocenters. The van der Waals surface area contributed by atoms with Gasteiger partial charge in [0.15, 0.2) is 16.7 Å².